The van der Waals surface area contributed by atoms with E-state index in [0.29, 0.717) is 18.7 Å². The molecule has 1 aromatic rings. The van der Waals surface area contributed by atoms with E-state index in [-0.39, 0.29) is 5.69 Å². The van der Waals surface area contributed by atoms with E-state index in [1.807, 2.05) is 0 Å². The standard InChI is InChI=1S/C9H12N2O3/c1-14-9-5-7(2-3-10)4-8(6-9)11(12)13/h4-6H,2-3,10H2,1H3. The van der Waals surface area contributed by atoms with E-state index in [2.05, 4.69) is 0 Å². The minimum atomic E-state index is -0.442. The molecule has 0 unspecified atom stereocenters. The predicted molar refractivity (Wildman–Crippen MR) is 52.4 cm³/mol. The lowest BCUT2D eigenvalue weighted by Gasteiger charge is -2.03. The summed E-state index contributed by atoms with van der Waals surface area (Å²) in [6.45, 7) is 0.463. The molecule has 0 saturated carbocycles. The SMILES string of the molecule is COc1cc(CCN)cc([N+](=O)[O-])c1. The largest absolute Gasteiger partial charge is 0.496 e. The van der Waals surface area contributed by atoms with E-state index < -0.39 is 4.92 Å². The monoisotopic (exact) mass is 196 g/mol. The van der Waals surface area contributed by atoms with Crippen LogP contribution in [-0.2, 0) is 6.42 Å². The molecule has 0 aromatic heterocycles. The Kier molecular flexibility index (Phi) is 3.41. The van der Waals surface area contributed by atoms with Gasteiger partial charge in [0, 0.05) is 6.07 Å². The number of nitro benzene ring substituents is 1. The number of benzene rings is 1. The van der Waals surface area contributed by atoms with Gasteiger partial charge in [-0.2, -0.15) is 0 Å². The Labute approximate surface area is 81.6 Å². The van der Waals surface area contributed by atoms with Gasteiger partial charge in [-0.1, -0.05) is 0 Å². The molecule has 2 N–H and O–H groups in total. The highest BCUT2D eigenvalue weighted by molar-refractivity contribution is 5.42. The molecule has 0 radical (unpaired) electrons. The summed E-state index contributed by atoms with van der Waals surface area (Å²) in [6.07, 6.45) is 0.609. The number of non-ortho nitro benzene ring substituents is 1. The summed E-state index contributed by atoms with van der Waals surface area (Å²) in [5, 5.41) is 10.5. The van der Waals surface area contributed by atoms with Gasteiger partial charge in [0.15, 0.2) is 0 Å². The highest BCUT2D eigenvalue weighted by Crippen LogP contribution is 2.22. The molecular weight excluding hydrogens is 184 g/mol. The summed E-state index contributed by atoms with van der Waals surface area (Å²) in [6, 6.07) is 4.65. The second-order valence-corrected chi connectivity index (χ2v) is 2.84. The summed E-state index contributed by atoms with van der Waals surface area (Å²) in [5.74, 6) is 0.489. The van der Waals surface area contributed by atoms with Crippen LogP contribution in [0.5, 0.6) is 5.75 Å². The Morgan fingerprint density at radius 1 is 1.50 bits per heavy atom. The molecule has 5 nitrogen and oxygen atoms in total. The fourth-order valence-corrected chi connectivity index (χ4v) is 1.18. The fraction of sp³-hybridized carbons (Fsp3) is 0.333. The van der Waals surface area contributed by atoms with Crippen molar-refractivity contribution in [2.45, 2.75) is 6.42 Å². The molecule has 0 fully saturated rings. The van der Waals surface area contributed by atoms with Gasteiger partial charge in [0.05, 0.1) is 18.1 Å². The summed E-state index contributed by atoms with van der Waals surface area (Å²) >= 11 is 0. The number of nitro groups is 1. The summed E-state index contributed by atoms with van der Waals surface area (Å²) in [7, 11) is 1.48. The molecule has 0 atom stereocenters. The number of nitrogens with two attached hydrogens (primary N) is 1. The Bertz CT molecular complexity index is 339. The van der Waals surface area contributed by atoms with Crippen molar-refractivity contribution in [2.24, 2.45) is 5.73 Å². The highest BCUT2D eigenvalue weighted by atomic mass is 16.6. The summed E-state index contributed by atoms with van der Waals surface area (Å²) in [5.41, 5.74) is 6.22. The van der Waals surface area contributed by atoms with Crippen LogP contribution < -0.4 is 10.5 Å². The Morgan fingerprint density at radius 3 is 2.71 bits per heavy atom. The quantitative estimate of drug-likeness (QED) is 0.577. The number of hydrogen-bond donors (Lipinski definition) is 1. The number of nitrogens with zero attached hydrogens (tertiary/aromatic N) is 1. The first-order chi connectivity index (χ1) is 6.67. The first kappa shape index (κ1) is 10.5. The zero-order chi connectivity index (χ0) is 10.6. The number of ether oxygens (including phenoxy) is 1. The average Bonchev–Trinajstić information content (AvgIpc) is 2.17. The maximum Gasteiger partial charge on any atom is 0.273 e. The second-order valence-electron chi connectivity index (χ2n) is 2.84. The van der Waals surface area contributed by atoms with Gasteiger partial charge in [-0.15, -0.1) is 0 Å². The molecule has 1 aromatic carbocycles. The molecule has 76 valence electrons. The molecular formula is C9H12N2O3. The Balaban J connectivity index is 3.06. The fourth-order valence-electron chi connectivity index (χ4n) is 1.18. The molecule has 14 heavy (non-hydrogen) atoms. The van der Waals surface area contributed by atoms with Crippen molar-refractivity contribution in [1.82, 2.24) is 0 Å². The topological polar surface area (TPSA) is 78.4 Å². The maximum absolute atomic E-state index is 10.5. The van der Waals surface area contributed by atoms with Crippen molar-refractivity contribution in [2.75, 3.05) is 13.7 Å². The van der Waals surface area contributed by atoms with Gasteiger partial charge in [0.2, 0.25) is 0 Å². The van der Waals surface area contributed by atoms with E-state index in [4.69, 9.17) is 10.5 Å². The Morgan fingerprint density at radius 2 is 2.21 bits per heavy atom. The molecule has 0 amide bonds. The minimum absolute atomic E-state index is 0.0350. The van der Waals surface area contributed by atoms with Gasteiger partial charge in [-0.05, 0) is 24.6 Å². The third-order valence-corrected chi connectivity index (χ3v) is 1.83. The molecule has 0 aliphatic carbocycles. The average molecular weight is 196 g/mol. The van der Waals surface area contributed by atoms with Crippen molar-refractivity contribution in [3.8, 4) is 5.75 Å². The number of hydrogen-bond acceptors (Lipinski definition) is 4. The van der Waals surface area contributed by atoms with E-state index in [9.17, 15) is 10.1 Å². The minimum Gasteiger partial charge on any atom is -0.496 e. The van der Waals surface area contributed by atoms with E-state index in [1.54, 1.807) is 6.07 Å². The maximum atomic E-state index is 10.5. The zero-order valence-corrected chi connectivity index (χ0v) is 7.90. The second kappa shape index (κ2) is 4.57. The normalized spacial score (nSPS) is 9.86. The lowest BCUT2D eigenvalue weighted by Crippen LogP contribution is -2.03. The summed E-state index contributed by atoms with van der Waals surface area (Å²) in [4.78, 5) is 10.1. The van der Waals surface area contributed by atoms with Crippen LogP contribution in [0.4, 0.5) is 5.69 Å². The summed E-state index contributed by atoms with van der Waals surface area (Å²) < 4.78 is 4.95. The van der Waals surface area contributed by atoms with Gasteiger partial charge < -0.3 is 10.5 Å². The van der Waals surface area contributed by atoms with Crippen LogP contribution in [0.25, 0.3) is 0 Å². The highest BCUT2D eigenvalue weighted by Gasteiger charge is 2.09. The first-order valence-corrected chi connectivity index (χ1v) is 4.19. The van der Waals surface area contributed by atoms with Crippen molar-refractivity contribution in [3.63, 3.8) is 0 Å². The van der Waals surface area contributed by atoms with E-state index in [1.165, 1.54) is 19.2 Å². The van der Waals surface area contributed by atoms with Crippen molar-refractivity contribution in [3.05, 3.63) is 33.9 Å². The third kappa shape index (κ3) is 2.43. The molecule has 0 bridgehead atoms. The van der Waals surface area contributed by atoms with Crippen LogP contribution in [0.2, 0.25) is 0 Å². The first-order valence-electron chi connectivity index (χ1n) is 4.19. The van der Waals surface area contributed by atoms with Gasteiger partial charge in [0.1, 0.15) is 5.75 Å². The van der Waals surface area contributed by atoms with Crippen LogP contribution in [0.3, 0.4) is 0 Å². The predicted octanol–water partition coefficient (Wildman–Crippen LogP) is 1.10. The lowest BCUT2D eigenvalue weighted by atomic mass is 10.1. The van der Waals surface area contributed by atoms with Crippen LogP contribution in [0.1, 0.15) is 5.56 Å². The van der Waals surface area contributed by atoms with Gasteiger partial charge in [-0.25, -0.2) is 0 Å². The molecule has 0 aliphatic rings. The van der Waals surface area contributed by atoms with Crippen molar-refractivity contribution < 1.29 is 9.66 Å². The van der Waals surface area contributed by atoms with E-state index in [0.717, 1.165) is 5.56 Å². The van der Waals surface area contributed by atoms with E-state index >= 15 is 0 Å². The number of methoxy groups -OCH3 is 1. The Hall–Kier alpha value is -1.62. The lowest BCUT2D eigenvalue weighted by molar-refractivity contribution is -0.385. The van der Waals surface area contributed by atoms with Crippen molar-refractivity contribution in [1.29, 1.82) is 0 Å². The molecule has 0 aliphatic heterocycles. The van der Waals surface area contributed by atoms with Gasteiger partial charge in [-0.3, -0.25) is 10.1 Å². The smallest absolute Gasteiger partial charge is 0.273 e. The van der Waals surface area contributed by atoms with Crippen LogP contribution in [0.15, 0.2) is 18.2 Å². The zero-order valence-electron chi connectivity index (χ0n) is 7.90. The molecule has 0 saturated heterocycles. The molecule has 0 heterocycles. The van der Waals surface area contributed by atoms with Crippen LogP contribution in [0, 0.1) is 10.1 Å². The number of rotatable bonds is 4. The third-order valence-electron chi connectivity index (χ3n) is 1.83. The van der Waals surface area contributed by atoms with Crippen molar-refractivity contribution >= 4 is 5.69 Å². The van der Waals surface area contributed by atoms with Crippen LogP contribution >= 0.6 is 0 Å². The molecule has 5 heteroatoms. The van der Waals surface area contributed by atoms with Crippen LogP contribution in [-0.4, -0.2) is 18.6 Å². The molecule has 1 rings (SSSR count). The van der Waals surface area contributed by atoms with Gasteiger partial charge >= 0.3 is 0 Å². The van der Waals surface area contributed by atoms with Gasteiger partial charge in [0.25, 0.3) is 5.69 Å². The molecule has 0 spiro atoms.